The molecule has 4 aliphatic carbocycles. The molecular formula is C18H22N2S. The van der Waals surface area contributed by atoms with E-state index >= 15 is 0 Å². The second-order valence-corrected chi connectivity index (χ2v) is 9.04. The molecule has 2 N–H and O–H groups in total. The van der Waals surface area contributed by atoms with Crippen LogP contribution in [0.5, 0.6) is 0 Å². The maximum Gasteiger partial charge on any atom is 0.0944 e. The van der Waals surface area contributed by atoms with Gasteiger partial charge in [0.15, 0.2) is 0 Å². The lowest BCUT2D eigenvalue weighted by molar-refractivity contribution is -0.0521. The third-order valence-corrected chi connectivity index (χ3v) is 7.17. The monoisotopic (exact) mass is 298 g/mol. The third kappa shape index (κ3) is 2.01. The molecule has 0 amide bonds. The molecule has 4 saturated carbocycles. The van der Waals surface area contributed by atoms with E-state index in [4.69, 9.17) is 10.7 Å². The molecule has 2 aromatic rings. The molecule has 4 bridgehead atoms. The van der Waals surface area contributed by atoms with Crippen LogP contribution in [0.25, 0.3) is 10.2 Å². The van der Waals surface area contributed by atoms with E-state index in [0.29, 0.717) is 5.41 Å². The molecular weight excluding hydrogens is 276 g/mol. The van der Waals surface area contributed by atoms with Crippen molar-refractivity contribution in [3.05, 3.63) is 23.2 Å². The lowest BCUT2D eigenvalue weighted by atomic mass is 9.49. The first-order valence-electron chi connectivity index (χ1n) is 8.32. The zero-order valence-electron chi connectivity index (χ0n) is 12.3. The van der Waals surface area contributed by atoms with E-state index in [2.05, 4.69) is 12.1 Å². The third-order valence-electron chi connectivity index (χ3n) is 6.15. The van der Waals surface area contributed by atoms with Crippen molar-refractivity contribution in [3.8, 4) is 0 Å². The van der Waals surface area contributed by atoms with E-state index in [-0.39, 0.29) is 0 Å². The second kappa shape index (κ2) is 4.22. The van der Waals surface area contributed by atoms with Gasteiger partial charge in [-0.1, -0.05) is 0 Å². The average Bonchev–Trinajstić information content (AvgIpc) is 2.77. The Bertz CT molecular complexity index is 667. The fourth-order valence-electron chi connectivity index (χ4n) is 5.89. The van der Waals surface area contributed by atoms with Gasteiger partial charge in [0.25, 0.3) is 0 Å². The van der Waals surface area contributed by atoms with E-state index in [1.807, 2.05) is 17.4 Å². The summed E-state index contributed by atoms with van der Waals surface area (Å²) >= 11 is 1.87. The number of thiazole rings is 1. The van der Waals surface area contributed by atoms with Crippen LogP contribution in [0.1, 0.15) is 43.5 Å². The number of benzene rings is 1. The van der Waals surface area contributed by atoms with Crippen LogP contribution in [0.2, 0.25) is 0 Å². The highest BCUT2D eigenvalue weighted by Crippen LogP contribution is 2.61. The maximum absolute atomic E-state index is 5.90. The van der Waals surface area contributed by atoms with Gasteiger partial charge in [0.2, 0.25) is 0 Å². The molecule has 2 nitrogen and oxygen atoms in total. The SMILES string of the molecule is Nc1ccc2nc(CC34CC5CC(CC(C5)C3)C4)sc2c1. The molecule has 1 aromatic carbocycles. The van der Waals surface area contributed by atoms with Crippen molar-refractivity contribution in [2.75, 3.05) is 5.73 Å². The van der Waals surface area contributed by atoms with Crippen molar-refractivity contribution in [1.82, 2.24) is 4.98 Å². The van der Waals surface area contributed by atoms with Gasteiger partial charge in [-0.25, -0.2) is 4.98 Å². The highest BCUT2D eigenvalue weighted by Gasteiger charge is 2.50. The van der Waals surface area contributed by atoms with E-state index in [0.717, 1.165) is 29.0 Å². The van der Waals surface area contributed by atoms with Gasteiger partial charge >= 0.3 is 0 Å². The van der Waals surface area contributed by atoms with Crippen LogP contribution in [0, 0.1) is 23.2 Å². The fraction of sp³-hybridized carbons (Fsp3) is 0.611. The summed E-state index contributed by atoms with van der Waals surface area (Å²) < 4.78 is 1.26. The molecule has 0 atom stereocenters. The molecule has 4 aliphatic rings. The number of fused-ring (bicyclic) bond motifs is 1. The number of aromatic nitrogens is 1. The Morgan fingerprint density at radius 3 is 2.43 bits per heavy atom. The van der Waals surface area contributed by atoms with Crippen LogP contribution in [0.15, 0.2) is 18.2 Å². The highest BCUT2D eigenvalue weighted by molar-refractivity contribution is 7.18. The van der Waals surface area contributed by atoms with Gasteiger partial charge in [-0.05, 0) is 79.9 Å². The lowest BCUT2D eigenvalue weighted by Gasteiger charge is -2.56. The minimum atomic E-state index is 0.591. The molecule has 1 aromatic heterocycles. The molecule has 0 saturated heterocycles. The zero-order chi connectivity index (χ0) is 14.0. The summed E-state index contributed by atoms with van der Waals surface area (Å²) in [6, 6.07) is 6.12. The summed E-state index contributed by atoms with van der Waals surface area (Å²) in [5.41, 5.74) is 8.48. The van der Waals surface area contributed by atoms with E-state index < -0.39 is 0 Å². The van der Waals surface area contributed by atoms with Crippen LogP contribution in [-0.4, -0.2) is 4.98 Å². The highest BCUT2D eigenvalue weighted by atomic mass is 32.1. The van der Waals surface area contributed by atoms with Crippen LogP contribution in [-0.2, 0) is 6.42 Å². The Morgan fingerprint density at radius 2 is 1.76 bits per heavy atom. The minimum absolute atomic E-state index is 0.591. The predicted molar refractivity (Wildman–Crippen MR) is 88.3 cm³/mol. The number of anilines is 1. The Labute approximate surface area is 129 Å². The van der Waals surface area contributed by atoms with E-state index in [1.165, 1.54) is 54.7 Å². The van der Waals surface area contributed by atoms with Gasteiger partial charge in [-0.3, -0.25) is 0 Å². The van der Waals surface area contributed by atoms with Crippen molar-refractivity contribution >= 4 is 27.2 Å². The summed E-state index contributed by atoms with van der Waals surface area (Å²) in [6.45, 7) is 0. The van der Waals surface area contributed by atoms with E-state index in [9.17, 15) is 0 Å². The molecule has 0 unspecified atom stereocenters. The lowest BCUT2D eigenvalue weighted by Crippen LogP contribution is -2.47. The minimum Gasteiger partial charge on any atom is -0.399 e. The van der Waals surface area contributed by atoms with Gasteiger partial charge in [0.05, 0.1) is 15.2 Å². The van der Waals surface area contributed by atoms with Gasteiger partial charge in [0, 0.05) is 12.1 Å². The number of nitrogens with zero attached hydrogens (tertiary/aromatic N) is 1. The largest absolute Gasteiger partial charge is 0.399 e. The Balaban J connectivity index is 1.48. The quantitative estimate of drug-likeness (QED) is 0.820. The molecule has 0 radical (unpaired) electrons. The summed E-state index contributed by atoms with van der Waals surface area (Å²) in [5.74, 6) is 3.09. The van der Waals surface area contributed by atoms with E-state index in [1.54, 1.807) is 0 Å². The van der Waals surface area contributed by atoms with Gasteiger partial charge in [-0.2, -0.15) is 0 Å². The Hall–Kier alpha value is -1.09. The van der Waals surface area contributed by atoms with Crippen LogP contribution >= 0.6 is 11.3 Å². The molecule has 6 rings (SSSR count). The molecule has 4 fully saturated rings. The zero-order valence-corrected chi connectivity index (χ0v) is 13.2. The molecule has 21 heavy (non-hydrogen) atoms. The molecule has 0 spiro atoms. The summed E-state index contributed by atoms with van der Waals surface area (Å²) in [5, 5.41) is 1.34. The predicted octanol–water partition coefficient (Wildman–Crippen LogP) is 4.64. The van der Waals surface area contributed by atoms with Crippen molar-refractivity contribution in [2.45, 2.75) is 44.9 Å². The van der Waals surface area contributed by atoms with Crippen LogP contribution in [0.4, 0.5) is 5.69 Å². The molecule has 110 valence electrons. The topological polar surface area (TPSA) is 38.9 Å². The molecule has 3 heteroatoms. The summed E-state index contributed by atoms with van der Waals surface area (Å²) in [4.78, 5) is 4.89. The molecule has 1 heterocycles. The number of nitrogens with two attached hydrogens (primary N) is 1. The summed E-state index contributed by atoms with van der Waals surface area (Å²) in [6.07, 6.45) is 10.2. The summed E-state index contributed by atoms with van der Waals surface area (Å²) in [7, 11) is 0. The first kappa shape index (κ1) is 12.5. The maximum atomic E-state index is 5.90. The molecule has 0 aliphatic heterocycles. The first-order valence-corrected chi connectivity index (χ1v) is 9.14. The van der Waals surface area contributed by atoms with Crippen molar-refractivity contribution in [2.24, 2.45) is 23.2 Å². The van der Waals surface area contributed by atoms with Crippen LogP contribution < -0.4 is 5.73 Å². The number of rotatable bonds is 2. The Kier molecular flexibility index (Phi) is 2.50. The number of nitrogen functional groups attached to an aromatic ring is 1. The number of hydrogen-bond donors (Lipinski definition) is 1. The fourth-order valence-corrected chi connectivity index (χ4v) is 7.08. The van der Waals surface area contributed by atoms with Gasteiger partial charge in [-0.15, -0.1) is 11.3 Å². The van der Waals surface area contributed by atoms with Crippen LogP contribution in [0.3, 0.4) is 0 Å². The van der Waals surface area contributed by atoms with Crippen molar-refractivity contribution in [1.29, 1.82) is 0 Å². The van der Waals surface area contributed by atoms with Gasteiger partial charge in [0.1, 0.15) is 0 Å². The average molecular weight is 298 g/mol. The second-order valence-electron chi connectivity index (χ2n) is 7.93. The number of hydrogen-bond acceptors (Lipinski definition) is 3. The van der Waals surface area contributed by atoms with Gasteiger partial charge < -0.3 is 5.73 Å². The van der Waals surface area contributed by atoms with Crippen molar-refractivity contribution in [3.63, 3.8) is 0 Å². The standard InChI is InChI=1S/C18H22N2S/c19-14-1-2-15-16(6-14)21-17(20-15)10-18-7-11-3-12(8-18)5-13(4-11)9-18/h1-2,6,11-13H,3-5,7-10,19H2. The normalized spacial score (nSPS) is 37.4. The first-order chi connectivity index (χ1) is 10.2. The smallest absolute Gasteiger partial charge is 0.0944 e. The van der Waals surface area contributed by atoms with Crippen molar-refractivity contribution < 1.29 is 0 Å². The Morgan fingerprint density at radius 1 is 1.10 bits per heavy atom.